The highest BCUT2D eigenvalue weighted by Crippen LogP contribution is 2.65. The van der Waals surface area contributed by atoms with Gasteiger partial charge in [-0.3, -0.25) is 0 Å². The van der Waals surface area contributed by atoms with Crippen molar-refractivity contribution in [3.63, 3.8) is 0 Å². The number of fused-ring (bicyclic) bond motifs is 5. The molecule has 2 heterocycles. The number of hydrogen-bond donors (Lipinski definition) is 3. The fourth-order valence-electron chi connectivity index (χ4n) is 9.97. The molecule has 6 aliphatic rings. The van der Waals surface area contributed by atoms with Gasteiger partial charge in [-0.15, -0.1) is 0 Å². The van der Waals surface area contributed by atoms with E-state index >= 15 is 0 Å². The van der Waals surface area contributed by atoms with E-state index in [1.807, 2.05) is 12.1 Å². The molecule has 0 radical (unpaired) electrons. The molecule has 2 aliphatic heterocycles. The maximum Gasteiger partial charge on any atom is 0.115 e. The van der Waals surface area contributed by atoms with Crippen LogP contribution in [0.5, 0.6) is 5.75 Å². The van der Waals surface area contributed by atoms with Gasteiger partial charge >= 0.3 is 0 Å². The highest BCUT2D eigenvalue weighted by molar-refractivity contribution is 5.39. The van der Waals surface area contributed by atoms with Crippen LogP contribution in [0.25, 0.3) is 0 Å². The van der Waals surface area contributed by atoms with Gasteiger partial charge in [0.1, 0.15) is 5.75 Å². The zero-order valence-corrected chi connectivity index (χ0v) is 22.3. The van der Waals surface area contributed by atoms with Crippen LogP contribution in [-0.2, 0) is 17.6 Å². The quantitative estimate of drug-likeness (QED) is 0.487. The van der Waals surface area contributed by atoms with Gasteiger partial charge in [-0.2, -0.15) is 0 Å². The first-order valence-corrected chi connectivity index (χ1v) is 14.6. The molecule has 7 rings (SSSR count). The number of phenolic OH excluding ortho intramolecular Hbond substituents is 1. The summed E-state index contributed by atoms with van der Waals surface area (Å²) >= 11 is 0. The average Bonchev–Trinajstić information content (AvgIpc) is 3.26. The van der Waals surface area contributed by atoms with Gasteiger partial charge in [-0.05, 0) is 119 Å². The van der Waals surface area contributed by atoms with E-state index in [0.717, 1.165) is 25.7 Å². The lowest BCUT2D eigenvalue weighted by atomic mass is 9.46. The molecule has 0 amide bonds. The molecule has 1 aromatic carbocycles. The molecule has 1 aromatic rings. The van der Waals surface area contributed by atoms with Crippen LogP contribution in [0.1, 0.15) is 95.6 Å². The first-order chi connectivity index (χ1) is 17.2. The summed E-state index contributed by atoms with van der Waals surface area (Å²) in [6.07, 6.45) is 14.5. The largest absolute Gasteiger partial charge is 0.508 e. The smallest absolute Gasteiger partial charge is 0.115 e. The number of benzene rings is 1. The lowest BCUT2D eigenvalue weighted by molar-refractivity contribution is -0.309. The van der Waals surface area contributed by atoms with Crippen molar-refractivity contribution in [1.29, 1.82) is 0 Å². The van der Waals surface area contributed by atoms with E-state index in [0.29, 0.717) is 35.8 Å². The maximum atomic E-state index is 10.3. The van der Waals surface area contributed by atoms with Crippen LogP contribution in [-0.4, -0.2) is 33.6 Å². The molecular formula is C32H45NO3. The topological polar surface area (TPSA) is 75.7 Å². The summed E-state index contributed by atoms with van der Waals surface area (Å²) in [5.41, 5.74) is 9.39. The summed E-state index contributed by atoms with van der Waals surface area (Å²) in [5, 5.41) is 20.1. The van der Waals surface area contributed by atoms with Crippen LogP contribution in [0.2, 0.25) is 0 Å². The lowest BCUT2D eigenvalue weighted by Crippen LogP contribution is -2.77. The van der Waals surface area contributed by atoms with Crippen molar-refractivity contribution in [3.8, 4) is 17.6 Å². The minimum absolute atomic E-state index is 0.0237. The molecule has 4 bridgehead atoms. The van der Waals surface area contributed by atoms with Crippen LogP contribution < -0.4 is 5.73 Å². The van der Waals surface area contributed by atoms with Crippen molar-refractivity contribution in [2.45, 2.75) is 114 Å². The summed E-state index contributed by atoms with van der Waals surface area (Å²) in [4.78, 5) is 0. The van der Waals surface area contributed by atoms with Gasteiger partial charge in [0.2, 0.25) is 0 Å². The Kier molecular flexibility index (Phi) is 6.03. The Bertz CT molecular complexity index is 1060. The third-order valence-electron chi connectivity index (χ3n) is 11.2. The van der Waals surface area contributed by atoms with Crippen LogP contribution in [0.3, 0.4) is 0 Å². The number of nitrogens with two attached hydrogens (primary N) is 1. The van der Waals surface area contributed by atoms with E-state index in [2.05, 4.69) is 31.8 Å². The zero-order chi connectivity index (χ0) is 25.2. The molecule has 4 aliphatic carbocycles. The Balaban J connectivity index is 1.51. The highest BCUT2D eigenvalue weighted by atomic mass is 16.5. The maximum absolute atomic E-state index is 10.3. The van der Waals surface area contributed by atoms with Crippen molar-refractivity contribution >= 4 is 0 Å². The predicted octanol–water partition coefficient (Wildman–Crippen LogP) is 5.51. The molecule has 4 heteroatoms. The molecule has 2 spiro atoms. The molecule has 5 fully saturated rings. The van der Waals surface area contributed by atoms with E-state index in [-0.39, 0.29) is 29.6 Å². The van der Waals surface area contributed by atoms with Crippen LogP contribution in [0.4, 0.5) is 0 Å². The zero-order valence-electron chi connectivity index (χ0n) is 22.3. The molecule has 3 saturated carbocycles. The number of aliphatic hydroxyl groups is 1. The fourth-order valence-corrected chi connectivity index (χ4v) is 9.97. The summed E-state index contributed by atoms with van der Waals surface area (Å²) < 4.78 is 7.31. The molecular weight excluding hydrogens is 446 g/mol. The van der Waals surface area contributed by atoms with Crippen molar-refractivity contribution in [1.82, 2.24) is 0 Å². The van der Waals surface area contributed by atoms with Gasteiger partial charge < -0.3 is 20.7 Å². The molecule has 196 valence electrons. The monoisotopic (exact) mass is 491 g/mol. The first kappa shape index (κ1) is 24.8. The van der Waals surface area contributed by atoms with Crippen molar-refractivity contribution in [2.75, 3.05) is 6.61 Å². The van der Waals surface area contributed by atoms with Crippen molar-refractivity contribution < 1.29 is 14.9 Å². The number of ether oxygens (including phenoxy) is 1. The van der Waals surface area contributed by atoms with E-state index in [9.17, 15) is 10.2 Å². The number of aromatic hydroxyl groups is 1. The van der Waals surface area contributed by atoms with Crippen LogP contribution in [0.15, 0.2) is 18.2 Å². The summed E-state index contributed by atoms with van der Waals surface area (Å²) in [6, 6.07) is 5.92. The van der Waals surface area contributed by atoms with Crippen LogP contribution in [0, 0.1) is 40.9 Å². The van der Waals surface area contributed by atoms with E-state index in [4.69, 9.17) is 10.5 Å². The standard InChI is InChI=1S/C32H45NO3/c1-29(2)27-11-15-32(36-29)25-18-22(20-30(21-25)12-3-4-13-30)17-24-9-10-26(35)19-23(24)7-5-8-28(32)31(27,33)14-6-16-34/h9-10,19,22,25,27-28,34-35H,3-4,6-7,11-18,20-21,33H2,1-2H3/t22-,25-,27-,28+,31-,32-/m1/s1. The van der Waals surface area contributed by atoms with E-state index < -0.39 is 5.54 Å². The SMILES string of the molecule is CC1(C)O[C@@]23CC[C@H]1[C@](N)(CCCO)[C@@H]2C#CCc1cc(O)ccc1C[C@@H]1C[C@@H]3CC2(CCCC2)C1. The summed E-state index contributed by atoms with van der Waals surface area (Å²) in [5.74, 6) is 8.94. The second-order valence-electron chi connectivity index (χ2n) is 13.7. The summed E-state index contributed by atoms with van der Waals surface area (Å²) in [6.45, 7) is 4.69. The van der Waals surface area contributed by atoms with Crippen molar-refractivity contribution in [3.05, 3.63) is 29.3 Å². The Hall–Kier alpha value is -1.54. The van der Waals surface area contributed by atoms with Gasteiger partial charge in [0.15, 0.2) is 0 Å². The predicted molar refractivity (Wildman–Crippen MR) is 142 cm³/mol. The number of aliphatic hydroxyl groups excluding tert-OH is 1. The molecule has 4 N–H and O–H groups in total. The van der Waals surface area contributed by atoms with Gasteiger partial charge in [0.05, 0.1) is 17.1 Å². The third-order valence-corrected chi connectivity index (χ3v) is 11.2. The summed E-state index contributed by atoms with van der Waals surface area (Å²) in [7, 11) is 0. The molecule has 0 aromatic heterocycles. The molecule has 4 nitrogen and oxygen atoms in total. The number of hydrogen-bond acceptors (Lipinski definition) is 4. The van der Waals surface area contributed by atoms with Gasteiger partial charge in [0.25, 0.3) is 0 Å². The molecule has 6 atom stereocenters. The number of rotatable bonds is 3. The second-order valence-corrected chi connectivity index (χ2v) is 13.7. The van der Waals surface area contributed by atoms with Crippen molar-refractivity contribution in [2.24, 2.45) is 34.8 Å². The van der Waals surface area contributed by atoms with E-state index in [1.165, 1.54) is 56.1 Å². The minimum atomic E-state index is -0.457. The Morgan fingerprint density at radius 2 is 1.92 bits per heavy atom. The van der Waals surface area contributed by atoms with Gasteiger partial charge in [-0.25, -0.2) is 0 Å². The lowest BCUT2D eigenvalue weighted by Gasteiger charge is -2.68. The van der Waals surface area contributed by atoms with Gasteiger partial charge in [0, 0.05) is 24.5 Å². The first-order valence-electron chi connectivity index (χ1n) is 14.6. The second kappa shape index (κ2) is 8.75. The Labute approximate surface area is 217 Å². The average molecular weight is 492 g/mol. The fraction of sp³-hybridized carbons (Fsp3) is 0.750. The van der Waals surface area contributed by atoms with Gasteiger partial charge in [-0.1, -0.05) is 30.7 Å². The molecule has 2 saturated heterocycles. The third kappa shape index (κ3) is 3.84. The minimum Gasteiger partial charge on any atom is -0.508 e. The molecule has 0 unspecified atom stereocenters. The Morgan fingerprint density at radius 1 is 1.11 bits per heavy atom. The highest BCUT2D eigenvalue weighted by Gasteiger charge is 2.69. The van der Waals surface area contributed by atoms with E-state index in [1.54, 1.807) is 0 Å². The molecule has 36 heavy (non-hydrogen) atoms. The Morgan fingerprint density at radius 3 is 2.67 bits per heavy atom. The van der Waals surface area contributed by atoms with Crippen LogP contribution >= 0.6 is 0 Å². The number of phenols is 1. The normalized spacial score (nSPS) is 40.0.